The van der Waals surface area contributed by atoms with E-state index in [1.165, 1.54) is 5.56 Å². The topological polar surface area (TPSA) is 66.0 Å². The summed E-state index contributed by atoms with van der Waals surface area (Å²) in [5, 5.41) is 1.68. The van der Waals surface area contributed by atoms with Crippen LogP contribution in [0.5, 0.6) is 11.6 Å². The lowest BCUT2D eigenvalue weighted by atomic mass is 10.1. The summed E-state index contributed by atoms with van der Waals surface area (Å²) < 4.78 is 8.05. The number of fused-ring (bicyclic) bond motifs is 2. The molecule has 0 radical (unpaired) electrons. The van der Waals surface area contributed by atoms with Gasteiger partial charge in [-0.3, -0.25) is 0 Å². The summed E-state index contributed by atoms with van der Waals surface area (Å²) in [7, 11) is 2.03. The third-order valence-electron chi connectivity index (χ3n) is 5.41. The van der Waals surface area contributed by atoms with Gasteiger partial charge in [0.15, 0.2) is 0 Å². The van der Waals surface area contributed by atoms with Crippen molar-refractivity contribution in [3.05, 3.63) is 89.2 Å². The second kappa shape index (κ2) is 7.93. The molecule has 31 heavy (non-hydrogen) atoms. The van der Waals surface area contributed by atoms with Gasteiger partial charge in [-0.1, -0.05) is 23.7 Å². The number of anilines is 1. The van der Waals surface area contributed by atoms with Gasteiger partial charge in [-0.2, -0.15) is 0 Å². The number of nitrogen functional groups attached to an aromatic ring is 1. The maximum atomic E-state index is 6.03. The molecule has 0 aliphatic carbocycles. The Labute approximate surface area is 185 Å². The average Bonchev–Trinajstić information content (AvgIpc) is 3.08. The van der Waals surface area contributed by atoms with Gasteiger partial charge in [0.2, 0.25) is 5.88 Å². The molecule has 0 saturated heterocycles. The molecule has 0 aliphatic rings. The quantitative estimate of drug-likeness (QED) is 0.352. The van der Waals surface area contributed by atoms with Crippen molar-refractivity contribution in [2.45, 2.75) is 12.8 Å². The third-order valence-corrected chi connectivity index (χ3v) is 5.64. The van der Waals surface area contributed by atoms with Crippen molar-refractivity contribution < 1.29 is 4.74 Å². The van der Waals surface area contributed by atoms with Gasteiger partial charge in [-0.25, -0.2) is 9.97 Å². The van der Waals surface area contributed by atoms with Crippen LogP contribution in [0.3, 0.4) is 0 Å². The molecule has 0 bridgehead atoms. The highest BCUT2D eigenvalue weighted by Gasteiger charge is 2.09. The Morgan fingerprint density at radius 1 is 0.871 bits per heavy atom. The number of nitrogens with two attached hydrogens (primary N) is 1. The van der Waals surface area contributed by atoms with Crippen LogP contribution < -0.4 is 10.5 Å². The molecule has 0 fully saturated rings. The Morgan fingerprint density at radius 2 is 1.68 bits per heavy atom. The van der Waals surface area contributed by atoms with Gasteiger partial charge in [0.25, 0.3) is 0 Å². The summed E-state index contributed by atoms with van der Waals surface area (Å²) in [6.07, 6.45) is 1.74. The smallest absolute Gasteiger partial charge is 0.219 e. The number of hydrogen-bond acceptors (Lipinski definition) is 4. The normalized spacial score (nSPS) is 11.3. The molecule has 2 aromatic heterocycles. The van der Waals surface area contributed by atoms with Crippen LogP contribution in [-0.2, 0) is 19.9 Å². The molecule has 6 heteroatoms. The van der Waals surface area contributed by atoms with Crippen molar-refractivity contribution in [2.75, 3.05) is 5.73 Å². The standard InChI is InChI=1S/C25H21ClN4O/c1-30-23-15-19(27)7-11-22(23)28-24(30)12-4-16-2-8-20(9-3-16)31-25-13-5-17-14-18(26)6-10-21(17)29-25/h2-3,5-11,13-15H,4,12,27H2,1H3. The van der Waals surface area contributed by atoms with E-state index < -0.39 is 0 Å². The molecule has 0 atom stereocenters. The molecule has 3 aromatic carbocycles. The minimum atomic E-state index is 0.557. The van der Waals surface area contributed by atoms with E-state index in [1.807, 2.05) is 67.7 Å². The van der Waals surface area contributed by atoms with Gasteiger partial charge in [0.1, 0.15) is 11.6 Å². The van der Waals surface area contributed by atoms with E-state index in [9.17, 15) is 0 Å². The lowest BCUT2D eigenvalue weighted by Crippen LogP contribution is -2.00. The van der Waals surface area contributed by atoms with E-state index in [4.69, 9.17) is 27.1 Å². The van der Waals surface area contributed by atoms with Crippen LogP contribution >= 0.6 is 11.6 Å². The first kappa shape index (κ1) is 19.4. The van der Waals surface area contributed by atoms with Crippen LogP contribution in [0.25, 0.3) is 21.9 Å². The number of halogens is 1. The minimum Gasteiger partial charge on any atom is -0.439 e. The fourth-order valence-electron chi connectivity index (χ4n) is 3.72. The average molecular weight is 429 g/mol. The van der Waals surface area contributed by atoms with Crippen LogP contribution in [-0.4, -0.2) is 14.5 Å². The predicted molar refractivity (Wildman–Crippen MR) is 126 cm³/mol. The highest BCUT2D eigenvalue weighted by Crippen LogP contribution is 2.25. The molecule has 2 heterocycles. The van der Waals surface area contributed by atoms with Crippen molar-refractivity contribution >= 4 is 39.2 Å². The number of rotatable bonds is 5. The molecule has 0 spiro atoms. The number of ether oxygens (including phenoxy) is 1. The summed E-state index contributed by atoms with van der Waals surface area (Å²) >= 11 is 6.03. The first-order valence-electron chi connectivity index (χ1n) is 10.1. The van der Waals surface area contributed by atoms with E-state index in [0.717, 1.165) is 52.0 Å². The SMILES string of the molecule is Cn1c(CCc2ccc(Oc3ccc4cc(Cl)ccc4n3)cc2)nc2ccc(N)cc21. The number of pyridine rings is 1. The largest absolute Gasteiger partial charge is 0.439 e. The van der Waals surface area contributed by atoms with Gasteiger partial charge in [0.05, 0.1) is 16.6 Å². The lowest BCUT2D eigenvalue weighted by Gasteiger charge is -2.08. The molecular formula is C25H21ClN4O. The maximum absolute atomic E-state index is 6.03. The van der Waals surface area contributed by atoms with Gasteiger partial charge >= 0.3 is 0 Å². The summed E-state index contributed by atoms with van der Waals surface area (Å²) in [4.78, 5) is 9.28. The number of aromatic nitrogens is 3. The number of nitrogens with zero attached hydrogens (tertiary/aromatic N) is 3. The van der Waals surface area contributed by atoms with Crippen molar-refractivity contribution in [3.63, 3.8) is 0 Å². The van der Waals surface area contributed by atoms with Crippen molar-refractivity contribution in [2.24, 2.45) is 7.05 Å². The highest BCUT2D eigenvalue weighted by molar-refractivity contribution is 6.31. The Morgan fingerprint density at radius 3 is 2.52 bits per heavy atom. The third kappa shape index (κ3) is 4.05. The first-order valence-corrected chi connectivity index (χ1v) is 10.5. The zero-order chi connectivity index (χ0) is 21.4. The van der Waals surface area contributed by atoms with E-state index in [1.54, 1.807) is 0 Å². The van der Waals surface area contributed by atoms with Crippen LogP contribution in [0, 0.1) is 0 Å². The van der Waals surface area contributed by atoms with Crippen LogP contribution in [0.4, 0.5) is 5.69 Å². The number of benzene rings is 3. The van der Waals surface area contributed by atoms with E-state index in [2.05, 4.69) is 21.7 Å². The van der Waals surface area contributed by atoms with Crippen molar-refractivity contribution in [3.8, 4) is 11.6 Å². The fourth-order valence-corrected chi connectivity index (χ4v) is 3.90. The highest BCUT2D eigenvalue weighted by atomic mass is 35.5. The van der Waals surface area contributed by atoms with Crippen LogP contribution in [0.2, 0.25) is 5.02 Å². The maximum Gasteiger partial charge on any atom is 0.219 e. The van der Waals surface area contributed by atoms with E-state index in [0.29, 0.717) is 10.9 Å². The molecule has 5 rings (SSSR count). The number of aryl methyl sites for hydroxylation is 3. The Balaban J connectivity index is 1.27. The second-order valence-electron chi connectivity index (χ2n) is 7.57. The zero-order valence-corrected chi connectivity index (χ0v) is 17.8. The monoisotopic (exact) mass is 428 g/mol. The molecule has 5 aromatic rings. The lowest BCUT2D eigenvalue weighted by molar-refractivity contribution is 0.465. The molecule has 0 unspecified atom stereocenters. The fraction of sp³-hybridized carbons (Fsp3) is 0.120. The summed E-state index contributed by atoms with van der Waals surface area (Å²) in [6, 6.07) is 23.3. The first-order chi connectivity index (χ1) is 15.0. The summed E-state index contributed by atoms with van der Waals surface area (Å²) in [5.74, 6) is 2.35. The summed E-state index contributed by atoms with van der Waals surface area (Å²) in [6.45, 7) is 0. The molecule has 2 N–H and O–H groups in total. The predicted octanol–water partition coefficient (Wildman–Crippen LogP) is 5.93. The molecule has 0 amide bonds. The molecular weight excluding hydrogens is 408 g/mol. The molecule has 0 saturated carbocycles. The molecule has 154 valence electrons. The Bertz CT molecular complexity index is 1390. The second-order valence-corrected chi connectivity index (χ2v) is 8.00. The van der Waals surface area contributed by atoms with Gasteiger partial charge in [-0.15, -0.1) is 0 Å². The zero-order valence-electron chi connectivity index (χ0n) is 17.0. The van der Waals surface area contributed by atoms with Crippen molar-refractivity contribution in [1.82, 2.24) is 14.5 Å². The van der Waals surface area contributed by atoms with Gasteiger partial charge < -0.3 is 15.0 Å². The molecule has 0 aliphatic heterocycles. The van der Waals surface area contributed by atoms with Gasteiger partial charge in [-0.05, 0) is 66.6 Å². The van der Waals surface area contributed by atoms with E-state index in [-0.39, 0.29) is 0 Å². The number of imidazole rings is 1. The van der Waals surface area contributed by atoms with Crippen molar-refractivity contribution in [1.29, 1.82) is 0 Å². The summed E-state index contributed by atoms with van der Waals surface area (Å²) in [5.41, 5.74) is 10.8. The Hall–Kier alpha value is -3.57. The number of hydrogen-bond donors (Lipinski definition) is 1. The van der Waals surface area contributed by atoms with Crippen LogP contribution in [0.15, 0.2) is 72.8 Å². The van der Waals surface area contributed by atoms with Crippen LogP contribution in [0.1, 0.15) is 11.4 Å². The Kier molecular flexibility index (Phi) is 4.96. The van der Waals surface area contributed by atoms with E-state index >= 15 is 0 Å². The minimum absolute atomic E-state index is 0.557. The van der Waals surface area contributed by atoms with Gasteiger partial charge in [0, 0.05) is 35.6 Å². The molecule has 5 nitrogen and oxygen atoms in total.